The third-order valence-electron chi connectivity index (χ3n) is 3.55. The monoisotopic (exact) mass is 338 g/mol. The molecule has 0 aromatic heterocycles. The summed E-state index contributed by atoms with van der Waals surface area (Å²) in [6.07, 6.45) is 3.18. The van der Waals surface area contributed by atoms with E-state index in [-0.39, 0.29) is 11.8 Å². The Morgan fingerprint density at radius 2 is 1.80 bits per heavy atom. The Balaban J connectivity index is 1.92. The molecule has 0 aliphatic heterocycles. The number of carbonyl (C=O) groups is 2. The van der Waals surface area contributed by atoms with Gasteiger partial charge in [0.15, 0.2) is 0 Å². The fraction of sp³-hybridized carbons (Fsp3) is 0.200. The van der Waals surface area contributed by atoms with E-state index in [0.29, 0.717) is 18.7 Å². The van der Waals surface area contributed by atoms with E-state index in [2.05, 4.69) is 10.6 Å². The molecule has 0 bridgehead atoms. The molecule has 0 aliphatic carbocycles. The van der Waals surface area contributed by atoms with E-state index in [9.17, 15) is 9.59 Å². The highest BCUT2D eigenvalue weighted by atomic mass is 16.5. The molecule has 5 heteroatoms. The molecule has 2 N–H and O–H groups in total. The Labute approximate surface area is 147 Å². The van der Waals surface area contributed by atoms with Gasteiger partial charge in [-0.05, 0) is 36.8 Å². The lowest BCUT2D eigenvalue weighted by Gasteiger charge is -2.10. The van der Waals surface area contributed by atoms with Crippen molar-refractivity contribution in [1.29, 1.82) is 0 Å². The lowest BCUT2D eigenvalue weighted by molar-refractivity contribution is -0.116. The Hall–Kier alpha value is -3.08. The van der Waals surface area contributed by atoms with Gasteiger partial charge in [0.05, 0.1) is 6.61 Å². The van der Waals surface area contributed by atoms with Gasteiger partial charge in [0, 0.05) is 30.8 Å². The Morgan fingerprint density at radius 1 is 1.08 bits per heavy atom. The van der Waals surface area contributed by atoms with E-state index < -0.39 is 0 Å². The number of amides is 2. The van der Waals surface area contributed by atoms with E-state index >= 15 is 0 Å². The minimum atomic E-state index is -0.193. The molecule has 0 fully saturated rings. The van der Waals surface area contributed by atoms with E-state index in [4.69, 9.17) is 4.74 Å². The van der Waals surface area contributed by atoms with Crippen LogP contribution >= 0.6 is 0 Å². The first-order chi connectivity index (χ1) is 12.1. The van der Waals surface area contributed by atoms with Crippen molar-refractivity contribution in [3.8, 4) is 5.75 Å². The van der Waals surface area contributed by atoms with Crippen molar-refractivity contribution >= 4 is 17.9 Å². The molecule has 0 heterocycles. The number of hydrogen-bond donors (Lipinski definition) is 2. The molecule has 2 aromatic rings. The highest BCUT2D eigenvalue weighted by Crippen LogP contribution is 2.17. The van der Waals surface area contributed by atoms with Crippen molar-refractivity contribution in [2.24, 2.45) is 0 Å². The maximum Gasteiger partial charge on any atom is 0.251 e. The molecule has 2 aromatic carbocycles. The molecular weight excluding hydrogens is 316 g/mol. The van der Waals surface area contributed by atoms with Gasteiger partial charge in [0.1, 0.15) is 5.75 Å². The van der Waals surface area contributed by atoms with Gasteiger partial charge < -0.3 is 15.4 Å². The molecule has 0 aliphatic rings. The van der Waals surface area contributed by atoms with E-state index in [1.165, 1.54) is 6.08 Å². The largest absolute Gasteiger partial charge is 0.494 e. The molecular formula is C20H22N2O3. The second-order valence-corrected chi connectivity index (χ2v) is 5.29. The highest BCUT2D eigenvalue weighted by Gasteiger charge is 2.04. The van der Waals surface area contributed by atoms with E-state index in [1.54, 1.807) is 37.4 Å². The number of ether oxygens (including phenoxy) is 1. The van der Waals surface area contributed by atoms with Crippen LogP contribution in [0.1, 0.15) is 28.4 Å². The predicted octanol–water partition coefficient (Wildman–Crippen LogP) is 2.77. The summed E-state index contributed by atoms with van der Waals surface area (Å²) in [5.74, 6) is 0.446. The van der Waals surface area contributed by atoms with Crippen LogP contribution in [0.4, 0.5) is 0 Å². The first kappa shape index (κ1) is 18.3. The summed E-state index contributed by atoms with van der Waals surface area (Å²) in [4.78, 5) is 23.5. The molecule has 0 spiro atoms. The Morgan fingerprint density at radius 3 is 2.48 bits per heavy atom. The maximum atomic E-state index is 12.0. The van der Waals surface area contributed by atoms with Crippen LogP contribution in [0.2, 0.25) is 0 Å². The van der Waals surface area contributed by atoms with Crippen LogP contribution in [0.25, 0.3) is 6.08 Å². The average molecular weight is 338 g/mol. The van der Waals surface area contributed by atoms with Crippen molar-refractivity contribution in [2.75, 3.05) is 13.7 Å². The number of rotatable bonds is 7. The van der Waals surface area contributed by atoms with Crippen LogP contribution < -0.4 is 15.4 Å². The summed E-state index contributed by atoms with van der Waals surface area (Å²) < 4.78 is 5.54. The third kappa shape index (κ3) is 5.49. The molecule has 0 saturated heterocycles. The zero-order chi connectivity index (χ0) is 18.1. The average Bonchev–Trinajstić information content (AvgIpc) is 2.65. The number of carbonyl (C=O) groups excluding carboxylic acids is 2. The van der Waals surface area contributed by atoms with Gasteiger partial charge in [-0.25, -0.2) is 0 Å². The van der Waals surface area contributed by atoms with Crippen LogP contribution in [-0.2, 0) is 11.3 Å². The molecule has 0 atom stereocenters. The van der Waals surface area contributed by atoms with Gasteiger partial charge in [0.25, 0.3) is 5.91 Å². The zero-order valence-corrected chi connectivity index (χ0v) is 14.4. The lowest BCUT2D eigenvalue weighted by atomic mass is 10.1. The summed E-state index contributed by atoms with van der Waals surface area (Å²) in [6, 6.07) is 14.6. The topological polar surface area (TPSA) is 67.4 Å². The van der Waals surface area contributed by atoms with Gasteiger partial charge in [-0.1, -0.05) is 30.3 Å². The van der Waals surface area contributed by atoms with Gasteiger partial charge in [-0.2, -0.15) is 0 Å². The lowest BCUT2D eigenvalue weighted by Crippen LogP contribution is -2.20. The Kier molecular flexibility index (Phi) is 6.77. The van der Waals surface area contributed by atoms with Gasteiger partial charge in [0.2, 0.25) is 5.91 Å². The highest BCUT2D eigenvalue weighted by molar-refractivity contribution is 5.94. The zero-order valence-electron chi connectivity index (χ0n) is 14.4. The summed E-state index contributed by atoms with van der Waals surface area (Å²) in [5.41, 5.74) is 2.36. The van der Waals surface area contributed by atoms with Gasteiger partial charge in [-0.3, -0.25) is 9.59 Å². The fourth-order valence-electron chi connectivity index (χ4n) is 2.25. The van der Waals surface area contributed by atoms with Crippen molar-refractivity contribution in [3.05, 3.63) is 71.3 Å². The van der Waals surface area contributed by atoms with E-state index in [0.717, 1.165) is 16.9 Å². The quantitative estimate of drug-likeness (QED) is 0.763. The van der Waals surface area contributed by atoms with Crippen molar-refractivity contribution in [1.82, 2.24) is 10.6 Å². The smallest absolute Gasteiger partial charge is 0.251 e. The summed E-state index contributed by atoms with van der Waals surface area (Å²) in [7, 11) is 1.59. The Bertz CT molecular complexity index is 752. The van der Waals surface area contributed by atoms with Gasteiger partial charge >= 0.3 is 0 Å². The fourth-order valence-corrected chi connectivity index (χ4v) is 2.25. The first-order valence-electron chi connectivity index (χ1n) is 8.12. The molecule has 5 nitrogen and oxygen atoms in total. The molecule has 25 heavy (non-hydrogen) atoms. The second kappa shape index (κ2) is 9.27. The van der Waals surface area contributed by atoms with Crippen molar-refractivity contribution in [3.63, 3.8) is 0 Å². The van der Waals surface area contributed by atoms with Crippen LogP contribution in [0.3, 0.4) is 0 Å². The normalized spacial score (nSPS) is 10.5. The molecule has 2 rings (SSSR count). The first-order valence-corrected chi connectivity index (χ1v) is 8.12. The van der Waals surface area contributed by atoms with Crippen LogP contribution in [0.5, 0.6) is 5.75 Å². The molecule has 0 radical (unpaired) electrons. The minimum Gasteiger partial charge on any atom is -0.494 e. The molecule has 2 amide bonds. The van der Waals surface area contributed by atoms with E-state index in [1.807, 2.05) is 31.2 Å². The molecule has 0 unspecified atom stereocenters. The maximum absolute atomic E-state index is 12.0. The second-order valence-electron chi connectivity index (χ2n) is 5.29. The number of benzene rings is 2. The van der Waals surface area contributed by atoms with Crippen molar-refractivity contribution in [2.45, 2.75) is 13.5 Å². The summed E-state index contributed by atoms with van der Waals surface area (Å²) in [6.45, 7) is 2.90. The summed E-state index contributed by atoms with van der Waals surface area (Å²) in [5, 5.41) is 5.40. The molecule has 130 valence electrons. The number of nitrogens with one attached hydrogen (secondary N) is 2. The third-order valence-corrected chi connectivity index (χ3v) is 3.55. The standard InChI is InChI=1S/C20H22N2O3/c1-3-25-18-7-5-4-6-17(18)14-22-19(23)13-10-15-8-11-16(12-9-15)20(24)21-2/h4-13H,3,14H2,1-2H3,(H,21,24)(H,22,23)/b13-10+. The van der Waals surface area contributed by atoms with Crippen LogP contribution in [0.15, 0.2) is 54.6 Å². The predicted molar refractivity (Wildman–Crippen MR) is 98.3 cm³/mol. The number of hydrogen-bond acceptors (Lipinski definition) is 3. The molecule has 0 saturated carbocycles. The van der Waals surface area contributed by atoms with Crippen LogP contribution in [0, 0.1) is 0 Å². The van der Waals surface area contributed by atoms with Gasteiger partial charge in [-0.15, -0.1) is 0 Å². The minimum absolute atomic E-state index is 0.138. The SMILES string of the molecule is CCOc1ccccc1CNC(=O)/C=C/c1ccc(C(=O)NC)cc1. The number of para-hydroxylation sites is 1. The van der Waals surface area contributed by atoms with Crippen LogP contribution in [-0.4, -0.2) is 25.5 Å². The summed E-state index contributed by atoms with van der Waals surface area (Å²) >= 11 is 0. The van der Waals surface area contributed by atoms with Crippen molar-refractivity contribution < 1.29 is 14.3 Å².